The molecule has 118 valence electrons. The molecule has 0 atom stereocenters. The number of aromatic nitrogens is 3. The van der Waals surface area contributed by atoms with Crippen molar-refractivity contribution in [2.75, 3.05) is 4.72 Å². The maximum absolute atomic E-state index is 12.2. The van der Waals surface area contributed by atoms with Gasteiger partial charge in [0, 0.05) is 11.5 Å². The van der Waals surface area contributed by atoms with Crippen molar-refractivity contribution in [1.82, 2.24) is 14.8 Å². The molecule has 1 saturated carbocycles. The number of hydrogen-bond donors (Lipinski definition) is 1. The van der Waals surface area contributed by atoms with Gasteiger partial charge in [0.2, 0.25) is 10.0 Å². The van der Waals surface area contributed by atoms with Crippen LogP contribution in [-0.2, 0) is 10.0 Å². The van der Waals surface area contributed by atoms with Crippen LogP contribution in [0.2, 0.25) is 0 Å². The summed E-state index contributed by atoms with van der Waals surface area (Å²) >= 11 is 0. The van der Waals surface area contributed by atoms with Crippen LogP contribution in [0.5, 0.6) is 0 Å². The Balaban J connectivity index is 1.78. The van der Waals surface area contributed by atoms with E-state index in [0.717, 1.165) is 29.4 Å². The van der Waals surface area contributed by atoms with Gasteiger partial charge in [0.1, 0.15) is 5.82 Å². The Morgan fingerprint density at radius 3 is 2.74 bits per heavy atom. The van der Waals surface area contributed by atoms with E-state index in [-0.39, 0.29) is 5.25 Å². The Hall–Kier alpha value is -2.41. The van der Waals surface area contributed by atoms with Gasteiger partial charge in [0.05, 0.1) is 16.5 Å². The quantitative estimate of drug-likeness (QED) is 0.799. The average Bonchev–Trinajstić information content (AvgIpc) is 3.32. The van der Waals surface area contributed by atoms with Gasteiger partial charge in [-0.3, -0.25) is 4.72 Å². The maximum atomic E-state index is 12.2. The highest BCUT2D eigenvalue weighted by Gasteiger charge is 2.36. The molecule has 0 unspecified atom stereocenters. The van der Waals surface area contributed by atoms with Gasteiger partial charge in [-0.1, -0.05) is 18.2 Å². The Morgan fingerprint density at radius 2 is 1.96 bits per heavy atom. The minimum atomic E-state index is -3.34. The van der Waals surface area contributed by atoms with Gasteiger partial charge in [-0.05, 0) is 38.0 Å². The van der Waals surface area contributed by atoms with E-state index in [1.54, 1.807) is 10.7 Å². The van der Waals surface area contributed by atoms with Gasteiger partial charge in [-0.15, -0.1) is 0 Å². The number of pyridine rings is 1. The summed E-state index contributed by atoms with van der Waals surface area (Å²) in [6.07, 6.45) is 1.44. The number of nitrogens with one attached hydrogen (secondary N) is 1. The summed E-state index contributed by atoms with van der Waals surface area (Å²) in [7, 11) is -3.34. The molecule has 0 aliphatic heterocycles. The third-order valence-corrected chi connectivity index (χ3v) is 5.69. The largest absolute Gasteiger partial charge is 0.267 e. The minimum absolute atomic E-state index is 0.282. The van der Waals surface area contributed by atoms with Crippen molar-refractivity contribution in [1.29, 1.82) is 0 Å². The van der Waals surface area contributed by atoms with Crippen LogP contribution in [-0.4, -0.2) is 28.4 Å². The fourth-order valence-corrected chi connectivity index (χ4v) is 3.89. The number of hydrogen-bond acceptors (Lipinski definition) is 4. The Morgan fingerprint density at radius 1 is 1.17 bits per heavy atom. The van der Waals surface area contributed by atoms with E-state index in [1.165, 1.54) is 0 Å². The van der Waals surface area contributed by atoms with Gasteiger partial charge in [-0.25, -0.2) is 13.4 Å². The topological polar surface area (TPSA) is 76.9 Å². The first-order valence-corrected chi connectivity index (χ1v) is 9.02. The summed E-state index contributed by atoms with van der Waals surface area (Å²) in [6, 6.07) is 13.3. The number of sulfonamides is 1. The fourth-order valence-electron chi connectivity index (χ4n) is 2.53. The predicted molar refractivity (Wildman–Crippen MR) is 89.2 cm³/mol. The Bertz CT molecular complexity index is 990. The summed E-state index contributed by atoms with van der Waals surface area (Å²) < 4.78 is 28.6. The molecule has 0 radical (unpaired) electrons. The molecule has 3 aromatic rings. The van der Waals surface area contributed by atoms with Crippen LogP contribution in [0.1, 0.15) is 18.5 Å². The van der Waals surface area contributed by atoms with Gasteiger partial charge in [0.15, 0.2) is 5.82 Å². The molecule has 1 N–H and O–H groups in total. The van der Waals surface area contributed by atoms with E-state index in [9.17, 15) is 8.42 Å². The number of para-hydroxylation sites is 1. The van der Waals surface area contributed by atoms with Crippen molar-refractivity contribution >= 4 is 26.7 Å². The molecular formula is C16H16N4O2S. The van der Waals surface area contributed by atoms with Crippen molar-refractivity contribution in [2.24, 2.45) is 0 Å². The lowest BCUT2D eigenvalue weighted by Crippen LogP contribution is -2.19. The molecule has 0 bridgehead atoms. The maximum Gasteiger partial charge on any atom is 0.236 e. The van der Waals surface area contributed by atoms with E-state index in [0.29, 0.717) is 11.6 Å². The smallest absolute Gasteiger partial charge is 0.236 e. The van der Waals surface area contributed by atoms with Crippen LogP contribution < -0.4 is 4.72 Å². The van der Waals surface area contributed by atoms with Crippen LogP contribution in [0.3, 0.4) is 0 Å². The summed E-state index contributed by atoms with van der Waals surface area (Å²) in [5.74, 6) is 1.02. The second-order valence-corrected chi connectivity index (χ2v) is 7.75. The molecule has 0 saturated heterocycles. The SMILES string of the molecule is Cc1cc(NS(=O)(=O)C2CC2)n(-c2ccc3ccccc3n2)n1. The summed E-state index contributed by atoms with van der Waals surface area (Å²) in [5.41, 5.74) is 1.57. The Labute approximate surface area is 134 Å². The van der Waals surface area contributed by atoms with Crippen LogP contribution in [0, 0.1) is 6.92 Å². The molecule has 1 fully saturated rings. The van der Waals surface area contributed by atoms with E-state index >= 15 is 0 Å². The first kappa shape index (κ1) is 14.2. The van der Waals surface area contributed by atoms with Crippen molar-refractivity contribution in [3.63, 3.8) is 0 Å². The molecule has 7 heteroatoms. The molecule has 0 amide bonds. The highest BCUT2D eigenvalue weighted by molar-refractivity contribution is 7.93. The van der Waals surface area contributed by atoms with E-state index in [1.807, 2.05) is 43.3 Å². The molecule has 2 heterocycles. The first-order valence-electron chi connectivity index (χ1n) is 7.47. The Kier molecular flexibility index (Phi) is 3.12. The first-order chi connectivity index (χ1) is 11.0. The normalized spacial score (nSPS) is 15.0. The minimum Gasteiger partial charge on any atom is -0.267 e. The number of rotatable bonds is 4. The van der Waals surface area contributed by atoms with Gasteiger partial charge in [-0.2, -0.15) is 9.78 Å². The molecule has 23 heavy (non-hydrogen) atoms. The van der Waals surface area contributed by atoms with E-state index in [4.69, 9.17) is 0 Å². The average molecular weight is 328 g/mol. The van der Waals surface area contributed by atoms with E-state index in [2.05, 4.69) is 14.8 Å². The van der Waals surface area contributed by atoms with Crippen LogP contribution >= 0.6 is 0 Å². The van der Waals surface area contributed by atoms with Gasteiger partial charge >= 0.3 is 0 Å². The monoisotopic (exact) mass is 328 g/mol. The predicted octanol–water partition coefficient (Wildman–Crippen LogP) is 2.63. The number of benzene rings is 1. The number of fused-ring (bicyclic) bond motifs is 1. The summed E-state index contributed by atoms with van der Waals surface area (Å²) in [5, 5.41) is 5.13. The number of nitrogens with zero attached hydrogens (tertiary/aromatic N) is 3. The molecule has 6 nitrogen and oxygen atoms in total. The van der Waals surface area contributed by atoms with Crippen LogP contribution in [0.25, 0.3) is 16.7 Å². The molecule has 4 rings (SSSR count). The summed E-state index contributed by atoms with van der Waals surface area (Å²) in [4.78, 5) is 4.58. The van der Waals surface area contributed by atoms with Crippen molar-refractivity contribution in [3.8, 4) is 5.82 Å². The van der Waals surface area contributed by atoms with E-state index < -0.39 is 10.0 Å². The molecular weight excluding hydrogens is 312 g/mol. The highest BCUT2D eigenvalue weighted by atomic mass is 32.2. The standard InChI is InChI=1S/C16H16N4O2S/c1-11-10-16(19-23(21,22)13-7-8-13)20(18-11)15-9-6-12-4-2-3-5-14(12)17-15/h2-6,9-10,13,19H,7-8H2,1H3. The molecule has 1 aromatic carbocycles. The molecule has 1 aliphatic carbocycles. The second kappa shape index (κ2) is 5.06. The fraction of sp³-hybridized carbons (Fsp3) is 0.250. The lowest BCUT2D eigenvalue weighted by Gasteiger charge is -2.10. The lowest BCUT2D eigenvalue weighted by atomic mass is 10.2. The second-order valence-electron chi connectivity index (χ2n) is 5.79. The van der Waals surface area contributed by atoms with Crippen LogP contribution in [0.15, 0.2) is 42.5 Å². The van der Waals surface area contributed by atoms with Crippen LogP contribution in [0.4, 0.5) is 5.82 Å². The van der Waals surface area contributed by atoms with Gasteiger partial charge < -0.3 is 0 Å². The zero-order valence-electron chi connectivity index (χ0n) is 12.6. The third-order valence-electron chi connectivity index (χ3n) is 3.84. The number of anilines is 1. The van der Waals surface area contributed by atoms with Crippen molar-refractivity contribution in [3.05, 3.63) is 48.2 Å². The summed E-state index contributed by atoms with van der Waals surface area (Å²) in [6.45, 7) is 1.83. The van der Waals surface area contributed by atoms with Crippen molar-refractivity contribution < 1.29 is 8.42 Å². The third kappa shape index (κ3) is 2.68. The molecule has 0 spiro atoms. The zero-order valence-corrected chi connectivity index (χ0v) is 13.4. The highest BCUT2D eigenvalue weighted by Crippen LogP contribution is 2.30. The lowest BCUT2D eigenvalue weighted by molar-refractivity contribution is 0.599. The van der Waals surface area contributed by atoms with Gasteiger partial charge in [0.25, 0.3) is 0 Å². The number of aryl methyl sites for hydroxylation is 1. The van der Waals surface area contributed by atoms with Crippen molar-refractivity contribution in [2.45, 2.75) is 25.0 Å². The zero-order chi connectivity index (χ0) is 16.0. The molecule has 1 aliphatic rings. The molecule has 2 aromatic heterocycles.